The zero-order valence-electron chi connectivity index (χ0n) is 8.71. The van der Waals surface area contributed by atoms with E-state index in [2.05, 4.69) is 0 Å². The first kappa shape index (κ1) is 11.5. The molecule has 1 rings (SSSR count). The molecule has 0 bridgehead atoms. The Morgan fingerprint density at radius 2 is 2.20 bits per heavy atom. The number of carboxylic acid groups (broad SMARTS) is 1. The van der Waals surface area contributed by atoms with E-state index in [1.807, 2.05) is 0 Å². The number of rotatable bonds is 4. The molecule has 0 fully saturated rings. The van der Waals surface area contributed by atoms with Crippen LogP contribution in [0.2, 0.25) is 0 Å². The van der Waals surface area contributed by atoms with Gasteiger partial charge in [-0.1, -0.05) is 6.07 Å². The second-order valence-corrected chi connectivity index (χ2v) is 3.32. The Bertz CT molecular complexity index is 374. The Morgan fingerprint density at radius 3 is 2.73 bits per heavy atom. The number of aryl methyl sites for hydroxylation is 2. The molecule has 0 radical (unpaired) electrons. The summed E-state index contributed by atoms with van der Waals surface area (Å²) in [6.07, 6.45) is 0.418. The molecular weight excluding hydrogens is 199 g/mol. The molecule has 3 nitrogen and oxygen atoms in total. The average Bonchev–Trinajstić information content (AvgIpc) is 2.19. The summed E-state index contributed by atoms with van der Waals surface area (Å²) in [4.78, 5) is 10.4. The quantitative estimate of drug-likeness (QED) is 0.831. The fourth-order valence-electron chi connectivity index (χ4n) is 1.35. The second-order valence-electron chi connectivity index (χ2n) is 3.32. The third-order valence-corrected chi connectivity index (χ3v) is 2.13. The van der Waals surface area contributed by atoms with Crippen molar-refractivity contribution in [2.75, 3.05) is 7.11 Å². The van der Waals surface area contributed by atoms with Gasteiger partial charge >= 0.3 is 5.97 Å². The van der Waals surface area contributed by atoms with Crippen LogP contribution in [0.4, 0.5) is 4.39 Å². The molecule has 1 aromatic rings. The maximum atomic E-state index is 13.3. The molecule has 1 N–H and O–H groups in total. The first-order valence-corrected chi connectivity index (χ1v) is 4.59. The fourth-order valence-corrected chi connectivity index (χ4v) is 1.35. The van der Waals surface area contributed by atoms with Crippen LogP contribution in [-0.2, 0) is 11.2 Å². The highest BCUT2D eigenvalue weighted by atomic mass is 19.1. The molecule has 0 aliphatic heterocycles. The minimum absolute atomic E-state index is 0.0359. The molecule has 4 heteroatoms. The van der Waals surface area contributed by atoms with Gasteiger partial charge in [0.2, 0.25) is 0 Å². The molecule has 82 valence electrons. The van der Waals surface area contributed by atoms with Crippen LogP contribution in [0.3, 0.4) is 0 Å². The van der Waals surface area contributed by atoms with Gasteiger partial charge in [0, 0.05) is 6.42 Å². The van der Waals surface area contributed by atoms with Crippen molar-refractivity contribution < 1.29 is 19.0 Å². The number of hydrogen-bond acceptors (Lipinski definition) is 2. The van der Waals surface area contributed by atoms with Crippen LogP contribution in [0.1, 0.15) is 17.5 Å². The lowest BCUT2D eigenvalue weighted by Gasteiger charge is -2.07. The molecule has 0 saturated carbocycles. The highest BCUT2D eigenvalue weighted by Crippen LogP contribution is 2.22. The number of carbonyl (C=O) groups is 1. The molecule has 0 amide bonds. The summed E-state index contributed by atoms with van der Waals surface area (Å²) in [5, 5.41) is 8.52. The van der Waals surface area contributed by atoms with E-state index < -0.39 is 11.8 Å². The van der Waals surface area contributed by atoms with E-state index in [0.29, 0.717) is 12.0 Å². The van der Waals surface area contributed by atoms with Gasteiger partial charge in [0.25, 0.3) is 0 Å². The largest absolute Gasteiger partial charge is 0.494 e. The average molecular weight is 212 g/mol. The lowest BCUT2D eigenvalue weighted by molar-refractivity contribution is -0.136. The molecule has 0 unspecified atom stereocenters. The van der Waals surface area contributed by atoms with Gasteiger partial charge < -0.3 is 9.84 Å². The molecule has 0 heterocycles. The van der Waals surface area contributed by atoms with E-state index in [4.69, 9.17) is 9.84 Å². The topological polar surface area (TPSA) is 46.5 Å². The number of halogens is 1. The van der Waals surface area contributed by atoms with E-state index in [9.17, 15) is 9.18 Å². The Hall–Kier alpha value is -1.58. The molecule has 0 saturated heterocycles. The van der Waals surface area contributed by atoms with Gasteiger partial charge in [-0.15, -0.1) is 0 Å². The van der Waals surface area contributed by atoms with Gasteiger partial charge in [0.15, 0.2) is 11.6 Å². The van der Waals surface area contributed by atoms with E-state index in [-0.39, 0.29) is 12.2 Å². The van der Waals surface area contributed by atoms with E-state index in [1.165, 1.54) is 13.2 Å². The molecule has 0 atom stereocenters. The van der Waals surface area contributed by atoms with Crippen molar-refractivity contribution in [3.05, 3.63) is 29.1 Å². The molecule has 0 aromatic heterocycles. The minimum Gasteiger partial charge on any atom is -0.494 e. The molecule has 1 aromatic carbocycles. The van der Waals surface area contributed by atoms with Gasteiger partial charge in [0.05, 0.1) is 7.11 Å². The predicted molar refractivity (Wildman–Crippen MR) is 53.6 cm³/mol. The summed E-state index contributed by atoms with van der Waals surface area (Å²) in [6.45, 7) is 1.63. The van der Waals surface area contributed by atoms with Crippen LogP contribution in [-0.4, -0.2) is 18.2 Å². The Labute approximate surface area is 87.5 Å². The maximum Gasteiger partial charge on any atom is 0.303 e. The van der Waals surface area contributed by atoms with Crippen molar-refractivity contribution in [2.45, 2.75) is 19.8 Å². The number of methoxy groups -OCH3 is 1. The SMILES string of the molecule is COc1cc(CCC(=O)O)cc(C)c1F. The molecule has 0 aliphatic carbocycles. The zero-order chi connectivity index (χ0) is 11.4. The van der Waals surface area contributed by atoms with E-state index >= 15 is 0 Å². The Balaban J connectivity index is 2.90. The van der Waals surface area contributed by atoms with Gasteiger partial charge in [-0.3, -0.25) is 4.79 Å². The lowest BCUT2D eigenvalue weighted by Crippen LogP contribution is -1.99. The summed E-state index contributed by atoms with van der Waals surface area (Å²) < 4.78 is 18.2. The van der Waals surface area contributed by atoms with Crippen LogP contribution in [0.15, 0.2) is 12.1 Å². The summed E-state index contributed by atoms with van der Waals surface area (Å²) in [7, 11) is 1.39. The summed E-state index contributed by atoms with van der Waals surface area (Å²) in [5.41, 5.74) is 1.24. The third kappa shape index (κ3) is 2.94. The number of aliphatic carboxylic acids is 1. The van der Waals surface area contributed by atoms with Crippen molar-refractivity contribution in [3.63, 3.8) is 0 Å². The zero-order valence-corrected chi connectivity index (χ0v) is 8.71. The van der Waals surface area contributed by atoms with E-state index in [0.717, 1.165) is 5.56 Å². The molecule has 15 heavy (non-hydrogen) atoms. The highest BCUT2D eigenvalue weighted by Gasteiger charge is 2.08. The summed E-state index contributed by atoms with van der Waals surface area (Å²) in [6, 6.07) is 3.17. The Morgan fingerprint density at radius 1 is 1.53 bits per heavy atom. The van der Waals surface area contributed by atoms with E-state index in [1.54, 1.807) is 13.0 Å². The van der Waals surface area contributed by atoms with Gasteiger partial charge in [0.1, 0.15) is 0 Å². The lowest BCUT2D eigenvalue weighted by atomic mass is 10.1. The monoisotopic (exact) mass is 212 g/mol. The van der Waals surface area contributed by atoms with Crippen molar-refractivity contribution in [2.24, 2.45) is 0 Å². The maximum absolute atomic E-state index is 13.3. The number of carboxylic acids is 1. The standard InChI is InChI=1S/C11H13FO3/c1-7-5-8(3-4-10(13)14)6-9(15-2)11(7)12/h5-6H,3-4H2,1-2H3,(H,13,14). The van der Waals surface area contributed by atoms with Gasteiger partial charge in [-0.25, -0.2) is 4.39 Å². The van der Waals surface area contributed by atoms with Crippen LogP contribution in [0, 0.1) is 12.7 Å². The van der Waals surface area contributed by atoms with Crippen LogP contribution < -0.4 is 4.74 Å². The van der Waals surface area contributed by atoms with Crippen molar-refractivity contribution in [1.82, 2.24) is 0 Å². The number of hydrogen-bond donors (Lipinski definition) is 1. The summed E-state index contributed by atoms with van der Waals surface area (Å²) in [5.74, 6) is -1.09. The van der Waals surface area contributed by atoms with Crippen molar-refractivity contribution in [3.8, 4) is 5.75 Å². The second kappa shape index (κ2) is 4.77. The molecular formula is C11H13FO3. The minimum atomic E-state index is -0.865. The van der Waals surface area contributed by atoms with Gasteiger partial charge in [-0.2, -0.15) is 0 Å². The van der Waals surface area contributed by atoms with Crippen LogP contribution >= 0.6 is 0 Å². The fraction of sp³-hybridized carbons (Fsp3) is 0.364. The first-order valence-electron chi connectivity index (χ1n) is 4.59. The van der Waals surface area contributed by atoms with Crippen LogP contribution in [0.5, 0.6) is 5.75 Å². The van der Waals surface area contributed by atoms with Crippen LogP contribution in [0.25, 0.3) is 0 Å². The molecule has 0 aliphatic rings. The van der Waals surface area contributed by atoms with Gasteiger partial charge in [-0.05, 0) is 30.5 Å². The molecule has 0 spiro atoms. The highest BCUT2D eigenvalue weighted by molar-refractivity contribution is 5.67. The van der Waals surface area contributed by atoms with Crippen molar-refractivity contribution >= 4 is 5.97 Å². The number of ether oxygens (including phenoxy) is 1. The Kier molecular flexibility index (Phi) is 3.66. The summed E-state index contributed by atoms with van der Waals surface area (Å²) >= 11 is 0. The normalized spacial score (nSPS) is 10.1. The third-order valence-electron chi connectivity index (χ3n) is 2.13. The predicted octanol–water partition coefficient (Wildman–Crippen LogP) is 2.16. The van der Waals surface area contributed by atoms with Crippen molar-refractivity contribution in [1.29, 1.82) is 0 Å². The number of benzene rings is 1. The smallest absolute Gasteiger partial charge is 0.303 e. The first-order chi connectivity index (χ1) is 7.04.